The van der Waals surface area contributed by atoms with Crippen LogP contribution in [0.15, 0.2) is 54.9 Å². The van der Waals surface area contributed by atoms with Crippen LogP contribution >= 0.6 is 7.82 Å². The fourth-order valence-electron chi connectivity index (χ4n) is 4.00. The van der Waals surface area contributed by atoms with Crippen molar-refractivity contribution in [3.63, 3.8) is 0 Å². The third kappa shape index (κ3) is 10.00. The smallest absolute Gasteiger partial charge is 0.303 e. The van der Waals surface area contributed by atoms with Gasteiger partial charge in [-0.15, -0.1) is 0 Å². The zero-order chi connectivity index (χ0) is 29.2. The molecule has 0 spiro atoms. The number of nitrogens with zero attached hydrogens (tertiary/aromatic N) is 4. The maximum atomic E-state index is 13.4. The van der Waals surface area contributed by atoms with Crippen molar-refractivity contribution in [1.82, 2.24) is 25.1 Å². The van der Waals surface area contributed by atoms with Crippen molar-refractivity contribution in [2.24, 2.45) is 0 Å². The fraction of sp³-hybridized carbons (Fsp3) is 0.308. The third-order valence-corrected chi connectivity index (χ3v) is 8.68. The molecule has 1 atom stereocenters. The van der Waals surface area contributed by atoms with E-state index < -0.39 is 23.6 Å². The van der Waals surface area contributed by atoms with E-state index in [2.05, 4.69) is 30.0 Å². The van der Waals surface area contributed by atoms with Crippen LogP contribution in [0.2, 0.25) is 0 Å². The molecule has 0 amide bonds. The number of aromatic nitrogens is 4. The number of H-pyrrole nitrogens is 1. The number of carbonyl (C=O) groups excluding carboxylic acids is 1. The van der Waals surface area contributed by atoms with E-state index in [1.807, 2.05) is 30.0 Å². The van der Waals surface area contributed by atoms with Gasteiger partial charge in [0.15, 0.2) is 0 Å². The summed E-state index contributed by atoms with van der Waals surface area (Å²) < 4.78 is 35.4. The molecule has 2 aromatic heterocycles. The summed E-state index contributed by atoms with van der Waals surface area (Å²) >= 11 is -1.13. The van der Waals surface area contributed by atoms with Gasteiger partial charge >= 0.3 is 173 Å². The summed E-state index contributed by atoms with van der Waals surface area (Å²) in [5.74, 6) is 1.37. The average Bonchev–Trinajstić information content (AvgIpc) is 3.35. The van der Waals surface area contributed by atoms with Crippen LogP contribution in [0.3, 0.4) is 0 Å². The number of phosphoric acid groups is 1. The fourth-order valence-corrected chi connectivity index (χ4v) is 6.40. The molecule has 4 aromatic rings. The monoisotopic (exact) mass is 648 g/mol. The van der Waals surface area contributed by atoms with Crippen molar-refractivity contribution >= 4 is 55.0 Å². The van der Waals surface area contributed by atoms with Gasteiger partial charge in [-0.1, -0.05) is 6.92 Å². The van der Waals surface area contributed by atoms with Gasteiger partial charge in [0.05, 0.1) is 13.2 Å². The number of ether oxygens (including phenoxy) is 1. The van der Waals surface area contributed by atoms with E-state index in [0.717, 1.165) is 16.3 Å². The quantitative estimate of drug-likeness (QED) is 0.0801. The number of anilines is 2. The van der Waals surface area contributed by atoms with Gasteiger partial charge in [-0.25, -0.2) is 4.57 Å². The molecule has 12 nitrogen and oxygen atoms in total. The maximum Gasteiger partial charge on any atom is 0.469 e. The minimum Gasteiger partial charge on any atom is -0.303 e. The molecule has 1 unspecified atom stereocenters. The van der Waals surface area contributed by atoms with Gasteiger partial charge in [0.2, 0.25) is 0 Å². The van der Waals surface area contributed by atoms with Gasteiger partial charge < -0.3 is 14.7 Å². The normalized spacial score (nSPS) is 12.0. The Balaban J connectivity index is 1.28. The molecule has 0 saturated carbocycles. The summed E-state index contributed by atoms with van der Waals surface area (Å²) in [6, 6.07) is 13.4. The number of fused-ring (bicyclic) bond motifs is 1. The predicted octanol–water partition coefficient (Wildman–Crippen LogP) is 2.27. The number of carbonyl (C=O) groups is 1. The van der Waals surface area contributed by atoms with Crippen LogP contribution in [0.4, 0.5) is 16.0 Å². The minimum atomic E-state index is -4.46. The predicted molar refractivity (Wildman–Crippen MR) is 154 cm³/mol. The molecular weight excluding hydrogens is 617 g/mol. The Bertz CT molecular complexity index is 1520. The zero-order valence-electron chi connectivity index (χ0n) is 22.3. The van der Waals surface area contributed by atoms with E-state index in [1.165, 1.54) is 18.5 Å². The average molecular weight is 648 g/mol. The standard InChI is InChI=1S/C26H31AsFN6O6P/c1-2-34(10-12-40-41(36,37)38)9-4-11-39-21-7-8-22-23(16-21)29-17-30-26(22)31-25-15-20(32-33-25)14-24(35)27-18-5-3-6-19(28)13-18/h3,5-8,13,15-17,27H,2,4,9-12,14H2,1H3,(H2,36,37,38)(H2,29,30,31,32,33). The van der Waals surface area contributed by atoms with E-state index in [0.29, 0.717) is 54.7 Å². The molecule has 0 saturated heterocycles. The van der Waals surface area contributed by atoms with Crippen LogP contribution in [0.5, 0.6) is 5.75 Å². The summed E-state index contributed by atoms with van der Waals surface area (Å²) in [5.41, 5.74) is 1.33. The SMILES string of the molecule is CCN(CCCOc1ccc2c(Nc3cc(CC(=O)[AsH]c4cccc(F)c4)[nH]n3)ncnc2c1)CCOP(=O)(O)O. The zero-order valence-corrected chi connectivity index (χ0v) is 25.3. The molecule has 4 N–H and O–H groups in total. The van der Waals surface area contributed by atoms with Gasteiger partial charge in [-0.2, -0.15) is 0 Å². The van der Waals surface area contributed by atoms with Crippen molar-refractivity contribution in [2.45, 2.75) is 19.8 Å². The van der Waals surface area contributed by atoms with Gasteiger partial charge in [-0.3, -0.25) is 4.52 Å². The maximum absolute atomic E-state index is 13.4. The molecule has 0 fully saturated rings. The number of halogens is 1. The Kier molecular flexibility index (Phi) is 11.0. The van der Waals surface area contributed by atoms with Gasteiger partial charge in [0.1, 0.15) is 0 Å². The summed E-state index contributed by atoms with van der Waals surface area (Å²) in [6.07, 6.45) is 2.34. The van der Waals surface area contributed by atoms with Gasteiger partial charge in [0.25, 0.3) is 0 Å². The number of hydrogen-bond acceptors (Lipinski definition) is 9. The van der Waals surface area contributed by atoms with Crippen molar-refractivity contribution < 1.29 is 32.8 Å². The molecule has 218 valence electrons. The van der Waals surface area contributed by atoms with E-state index in [-0.39, 0.29) is 23.4 Å². The molecule has 0 bridgehead atoms. The van der Waals surface area contributed by atoms with Crippen molar-refractivity contribution in [1.29, 1.82) is 0 Å². The van der Waals surface area contributed by atoms with E-state index in [9.17, 15) is 13.8 Å². The summed E-state index contributed by atoms with van der Waals surface area (Å²) in [7, 11) is -4.46. The molecule has 0 radical (unpaired) electrons. The van der Waals surface area contributed by atoms with E-state index in [1.54, 1.807) is 18.2 Å². The summed E-state index contributed by atoms with van der Waals surface area (Å²) in [4.78, 5) is 40.8. The molecular formula is C26H31AsFN6O6P. The molecule has 15 heteroatoms. The Morgan fingerprint density at radius 1 is 1.15 bits per heavy atom. The first-order valence-electron chi connectivity index (χ1n) is 12.9. The molecule has 0 aliphatic rings. The van der Waals surface area contributed by atoms with Crippen LogP contribution in [0.25, 0.3) is 10.9 Å². The minimum absolute atomic E-state index is 0.0462. The van der Waals surface area contributed by atoms with Crippen LogP contribution in [0, 0.1) is 5.82 Å². The second-order valence-corrected chi connectivity index (χ2v) is 13.1. The van der Waals surface area contributed by atoms with Crippen LogP contribution in [-0.2, 0) is 20.3 Å². The Morgan fingerprint density at radius 3 is 2.78 bits per heavy atom. The Morgan fingerprint density at radius 2 is 2.00 bits per heavy atom. The molecule has 4 rings (SSSR count). The summed E-state index contributed by atoms with van der Waals surface area (Å²) in [6.45, 7) is 4.19. The number of nitrogens with one attached hydrogen (secondary N) is 2. The second-order valence-electron chi connectivity index (χ2n) is 9.00. The Labute approximate surface area is 242 Å². The van der Waals surface area contributed by atoms with Crippen molar-refractivity contribution in [3.8, 4) is 5.75 Å². The summed E-state index contributed by atoms with van der Waals surface area (Å²) in [5, 5.41) is 11.0. The molecule has 0 aliphatic heterocycles. The molecule has 2 aromatic carbocycles. The van der Waals surface area contributed by atoms with Gasteiger partial charge in [-0.05, 0) is 13.0 Å². The van der Waals surface area contributed by atoms with Crippen LogP contribution in [-0.4, -0.2) is 88.0 Å². The van der Waals surface area contributed by atoms with Crippen LogP contribution in [0.1, 0.15) is 19.0 Å². The van der Waals surface area contributed by atoms with Gasteiger partial charge in [0, 0.05) is 13.1 Å². The third-order valence-electron chi connectivity index (χ3n) is 5.95. The first kappa shape index (κ1) is 30.8. The first-order chi connectivity index (χ1) is 19.7. The molecule has 2 heterocycles. The first-order valence-corrected chi connectivity index (χ1v) is 16.5. The molecule has 0 aliphatic carbocycles. The van der Waals surface area contributed by atoms with Crippen molar-refractivity contribution in [2.75, 3.05) is 38.2 Å². The topological polar surface area (TPSA) is 163 Å². The second kappa shape index (κ2) is 14.6. The number of hydrogen-bond donors (Lipinski definition) is 4. The van der Waals surface area contributed by atoms with Crippen molar-refractivity contribution in [3.05, 3.63) is 66.4 Å². The van der Waals surface area contributed by atoms with E-state index >= 15 is 0 Å². The molecule has 41 heavy (non-hydrogen) atoms. The Hall–Kier alpha value is -3.18. The number of likely N-dealkylation sites (N-methyl/N-ethyl adjacent to an activating group) is 1. The number of phosphoric ester groups is 1. The largest absolute Gasteiger partial charge is 0.469 e. The number of benzene rings is 2. The van der Waals surface area contributed by atoms with E-state index in [4.69, 9.17) is 14.5 Å². The van der Waals surface area contributed by atoms with Crippen LogP contribution < -0.4 is 14.4 Å². The number of rotatable bonds is 16. The number of aromatic amines is 1.